The molecule has 27 heavy (non-hydrogen) atoms. The number of thioether (sulfide) groups is 1. The fourth-order valence-electron chi connectivity index (χ4n) is 2.39. The Kier molecular flexibility index (Phi) is 10.1. The summed E-state index contributed by atoms with van der Waals surface area (Å²) in [6.07, 6.45) is 6.02. The van der Waals surface area contributed by atoms with Crippen molar-refractivity contribution in [3.05, 3.63) is 30.1 Å². The number of nitrogens with zero attached hydrogens (tertiary/aromatic N) is 2. The SMILES string of the molecule is CCC(C)(C)C(=O)C(=O)N1CCS[C@@H]1C.O=COCCCc1cccnc1. The number of ketones is 1. The first-order valence-corrected chi connectivity index (χ1v) is 10.3. The van der Waals surface area contributed by atoms with Gasteiger partial charge in [0.25, 0.3) is 12.4 Å². The van der Waals surface area contributed by atoms with E-state index in [0.717, 1.165) is 18.6 Å². The van der Waals surface area contributed by atoms with Crippen molar-refractivity contribution in [2.75, 3.05) is 18.9 Å². The van der Waals surface area contributed by atoms with E-state index in [1.807, 2.05) is 46.0 Å². The fourth-order valence-corrected chi connectivity index (χ4v) is 3.42. The predicted molar refractivity (Wildman–Crippen MR) is 107 cm³/mol. The minimum atomic E-state index is -0.524. The Labute approximate surface area is 166 Å². The zero-order chi connectivity index (χ0) is 20.3. The van der Waals surface area contributed by atoms with Gasteiger partial charge in [0, 0.05) is 30.1 Å². The number of pyridine rings is 1. The maximum absolute atomic E-state index is 11.9. The van der Waals surface area contributed by atoms with Crippen LogP contribution in [0.5, 0.6) is 0 Å². The standard InChI is InChI=1S/C11H19NO2S.C9H11NO2/c1-5-11(3,4)9(13)10(14)12-6-7-15-8(12)2;11-8-12-6-2-4-9-3-1-5-10-7-9/h8H,5-7H2,1-4H3;1,3,5,7-8H,2,4,6H2/t8-;/m1./s1. The summed E-state index contributed by atoms with van der Waals surface area (Å²) in [7, 11) is 0. The number of aryl methyl sites for hydroxylation is 1. The number of carbonyl (C=O) groups excluding carboxylic acids is 3. The third-order valence-electron chi connectivity index (χ3n) is 4.60. The molecular weight excluding hydrogens is 364 g/mol. The van der Waals surface area contributed by atoms with Crippen molar-refractivity contribution in [3.8, 4) is 0 Å². The molecule has 0 aromatic carbocycles. The topological polar surface area (TPSA) is 76.6 Å². The highest BCUT2D eigenvalue weighted by atomic mass is 32.2. The Morgan fingerprint density at radius 1 is 1.44 bits per heavy atom. The maximum Gasteiger partial charge on any atom is 0.293 e. The largest absolute Gasteiger partial charge is 0.468 e. The molecule has 0 radical (unpaired) electrons. The van der Waals surface area contributed by atoms with Gasteiger partial charge in [0.15, 0.2) is 0 Å². The van der Waals surface area contributed by atoms with Gasteiger partial charge in [-0.15, -0.1) is 11.8 Å². The van der Waals surface area contributed by atoms with Crippen molar-refractivity contribution in [3.63, 3.8) is 0 Å². The summed E-state index contributed by atoms with van der Waals surface area (Å²) in [6.45, 7) is 9.25. The first-order valence-electron chi connectivity index (χ1n) is 9.24. The summed E-state index contributed by atoms with van der Waals surface area (Å²) in [5, 5.41) is 0.147. The van der Waals surface area contributed by atoms with Crippen LogP contribution in [0.15, 0.2) is 24.5 Å². The molecule has 1 fully saturated rings. The lowest BCUT2D eigenvalue weighted by Gasteiger charge is -2.25. The minimum absolute atomic E-state index is 0.147. The molecule has 2 heterocycles. The van der Waals surface area contributed by atoms with E-state index in [-0.39, 0.29) is 17.1 Å². The zero-order valence-corrected chi connectivity index (χ0v) is 17.5. The molecule has 1 aromatic heterocycles. The van der Waals surface area contributed by atoms with Crippen molar-refractivity contribution < 1.29 is 19.1 Å². The molecule has 150 valence electrons. The van der Waals surface area contributed by atoms with Gasteiger partial charge in [-0.3, -0.25) is 19.4 Å². The van der Waals surface area contributed by atoms with Gasteiger partial charge < -0.3 is 9.64 Å². The molecule has 1 aliphatic heterocycles. The second kappa shape index (κ2) is 11.7. The van der Waals surface area contributed by atoms with Crippen molar-refractivity contribution >= 4 is 29.9 Å². The number of Topliss-reactive ketones (excluding diaryl/α,β-unsaturated/α-hetero) is 1. The van der Waals surface area contributed by atoms with Gasteiger partial charge in [0.05, 0.1) is 12.0 Å². The van der Waals surface area contributed by atoms with E-state index in [4.69, 9.17) is 0 Å². The monoisotopic (exact) mass is 394 g/mol. The van der Waals surface area contributed by atoms with E-state index < -0.39 is 5.41 Å². The number of carbonyl (C=O) groups is 3. The summed E-state index contributed by atoms with van der Waals surface area (Å²) in [4.78, 5) is 39.3. The molecule has 0 N–H and O–H groups in total. The van der Waals surface area contributed by atoms with E-state index in [0.29, 0.717) is 26.0 Å². The molecule has 0 unspecified atom stereocenters. The van der Waals surface area contributed by atoms with Crippen molar-refractivity contribution in [2.45, 2.75) is 52.3 Å². The van der Waals surface area contributed by atoms with Crippen LogP contribution in [0, 0.1) is 5.41 Å². The second-order valence-corrected chi connectivity index (χ2v) is 8.39. The molecule has 6 nitrogen and oxygen atoms in total. The summed E-state index contributed by atoms with van der Waals surface area (Å²) < 4.78 is 4.55. The van der Waals surface area contributed by atoms with Gasteiger partial charge in [0.2, 0.25) is 5.78 Å². The summed E-state index contributed by atoms with van der Waals surface area (Å²) in [6, 6.07) is 3.91. The van der Waals surface area contributed by atoms with Crippen LogP contribution in [0.25, 0.3) is 0 Å². The van der Waals surface area contributed by atoms with Crippen LogP contribution in [0.3, 0.4) is 0 Å². The highest BCUT2D eigenvalue weighted by Gasteiger charge is 2.37. The molecule has 1 amide bonds. The highest BCUT2D eigenvalue weighted by Crippen LogP contribution is 2.27. The van der Waals surface area contributed by atoms with E-state index in [1.54, 1.807) is 22.9 Å². The van der Waals surface area contributed by atoms with Crippen LogP contribution in [0.4, 0.5) is 0 Å². The van der Waals surface area contributed by atoms with E-state index >= 15 is 0 Å². The second-order valence-electron chi connectivity index (χ2n) is 6.97. The predicted octanol–water partition coefficient (Wildman–Crippen LogP) is 3.10. The first kappa shape index (κ1) is 23.1. The number of hydrogen-bond acceptors (Lipinski definition) is 6. The molecule has 1 aliphatic rings. The molecular formula is C20H30N2O4S. The number of ether oxygens (including phenoxy) is 1. The van der Waals surface area contributed by atoms with Crippen LogP contribution in [-0.2, 0) is 25.5 Å². The number of amides is 1. The van der Waals surface area contributed by atoms with Crippen molar-refractivity contribution in [2.24, 2.45) is 5.41 Å². The lowest BCUT2D eigenvalue weighted by atomic mass is 9.84. The Hall–Kier alpha value is -1.89. The van der Waals surface area contributed by atoms with Crippen molar-refractivity contribution in [1.82, 2.24) is 9.88 Å². The van der Waals surface area contributed by atoms with Crippen molar-refractivity contribution in [1.29, 1.82) is 0 Å². The number of aromatic nitrogens is 1. The van der Waals surface area contributed by atoms with E-state index in [2.05, 4.69) is 9.72 Å². The molecule has 2 rings (SSSR count). The first-order chi connectivity index (χ1) is 12.8. The van der Waals surface area contributed by atoms with E-state index in [9.17, 15) is 14.4 Å². The van der Waals surface area contributed by atoms with Crippen LogP contribution in [0.1, 0.15) is 46.1 Å². The van der Waals surface area contributed by atoms with E-state index in [1.165, 1.54) is 5.56 Å². The van der Waals surface area contributed by atoms with Crippen LogP contribution >= 0.6 is 11.8 Å². The highest BCUT2D eigenvalue weighted by molar-refractivity contribution is 8.00. The van der Waals surface area contributed by atoms with Gasteiger partial charge in [-0.05, 0) is 37.8 Å². The van der Waals surface area contributed by atoms with Crippen LogP contribution in [-0.4, -0.2) is 52.3 Å². The molecule has 7 heteroatoms. The smallest absolute Gasteiger partial charge is 0.293 e. The molecule has 1 atom stereocenters. The van der Waals surface area contributed by atoms with Gasteiger partial charge in [-0.2, -0.15) is 0 Å². The molecule has 0 saturated carbocycles. The van der Waals surface area contributed by atoms with Crippen LogP contribution in [0.2, 0.25) is 0 Å². The lowest BCUT2D eigenvalue weighted by Crippen LogP contribution is -2.43. The number of rotatable bonds is 8. The summed E-state index contributed by atoms with van der Waals surface area (Å²) in [5.74, 6) is 0.380. The average Bonchev–Trinajstić information content (AvgIpc) is 3.11. The molecule has 1 saturated heterocycles. The summed E-state index contributed by atoms with van der Waals surface area (Å²) in [5.41, 5.74) is 0.649. The van der Waals surface area contributed by atoms with Gasteiger partial charge in [-0.25, -0.2) is 0 Å². The quantitative estimate of drug-likeness (QED) is 0.383. The average molecular weight is 395 g/mol. The molecule has 0 aliphatic carbocycles. The van der Waals surface area contributed by atoms with Crippen LogP contribution < -0.4 is 0 Å². The third kappa shape index (κ3) is 7.71. The summed E-state index contributed by atoms with van der Waals surface area (Å²) >= 11 is 1.72. The maximum atomic E-state index is 11.9. The number of hydrogen-bond donors (Lipinski definition) is 0. The Balaban J connectivity index is 0.000000277. The fraction of sp³-hybridized carbons (Fsp3) is 0.600. The van der Waals surface area contributed by atoms with Gasteiger partial charge in [-0.1, -0.05) is 26.8 Å². The molecule has 0 bridgehead atoms. The van der Waals surface area contributed by atoms with Gasteiger partial charge in [0.1, 0.15) is 0 Å². The third-order valence-corrected chi connectivity index (χ3v) is 5.76. The minimum Gasteiger partial charge on any atom is -0.468 e. The normalized spacial score (nSPS) is 16.3. The van der Waals surface area contributed by atoms with Gasteiger partial charge >= 0.3 is 0 Å². The Morgan fingerprint density at radius 3 is 2.70 bits per heavy atom. The zero-order valence-electron chi connectivity index (χ0n) is 16.6. The molecule has 0 spiro atoms. The Bertz CT molecular complexity index is 607. The molecule has 1 aromatic rings. The lowest BCUT2D eigenvalue weighted by molar-refractivity contribution is -0.149. The Morgan fingerprint density at radius 2 is 2.19 bits per heavy atom.